The van der Waals surface area contributed by atoms with Gasteiger partial charge in [-0.2, -0.15) is 0 Å². The fraction of sp³-hybridized carbons (Fsp3) is 0.538. The summed E-state index contributed by atoms with van der Waals surface area (Å²) < 4.78 is 26.5. The van der Waals surface area contributed by atoms with Gasteiger partial charge in [0, 0.05) is 31.9 Å². The van der Waals surface area contributed by atoms with Crippen LogP contribution in [0.25, 0.3) is 0 Å². The van der Waals surface area contributed by atoms with Crippen molar-refractivity contribution in [2.75, 3.05) is 25.5 Å². The molecule has 1 aromatic rings. The van der Waals surface area contributed by atoms with Crippen molar-refractivity contribution < 1.29 is 8.78 Å². The minimum atomic E-state index is -0.781. The largest absolute Gasteiger partial charge is 0.377 e. The number of halogens is 2. The van der Waals surface area contributed by atoms with Crippen molar-refractivity contribution in [2.24, 2.45) is 0 Å². The molecule has 1 heterocycles. The fourth-order valence-corrected chi connectivity index (χ4v) is 2.35. The van der Waals surface area contributed by atoms with Gasteiger partial charge in [-0.25, -0.2) is 8.78 Å². The molecule has 94 valence electrons. The van der Waals surface area contributed by atoms with Gasteiger partial charge in [0.15, 0.2) is 11.6 Å². The van der Waals surface area contributed by atoms with Crippen LogP contribution < -0.4 is 10.2 Å². The minimum absolute atomic E-state index is 0.388. The van der Waals surface area contributed by atoms with Crippen LogP contribution in [0.5, 0.6) is 0 Å². The van der Waals surface area contributed by atoms with Crippen molar-refractivity contribution >= 4 is 5.69 Å². The highest BCUT2D eigenvalue weighted by Gasteiger charge is 2.18. The lowest BCUT2D eigenvalue weighted by atomic mass is 10.0. The van der Waals surface area contributed by atoms with Crippen LogP contribution in [0.1, 0.15) is 18.4 Å². The van der Waals surface area contributed by atoms with E-state index in [0.29, 0.717) is 6.04 Å². The van der Waals surface area contributed by atoms with Gasteiger partial charge in [0.2, 0.25) is 0 Å². The van der Waals surface area contributed by atoms with E-state index >= 15 is 0 Å². The van der Waals surface area contributed by atoms with E-state index in [4.69, 9.17) is 0 Å². The summed E-state index contributed by atoms with van der Waals surface area (Å²) in [6.45, 7) is 1.02. The van der Waals surface area contributed by atoms with Crippen LogP contribution >= 0.6 is 0 Å². The maximum atomic E-state index is 13.3. The maximum absolute atomic E-state index is 13.3. The third-order valence-corrected chi connectivity index (χ3v) is 3.23. The molecule has 0 saturated carbocycles. The molecule has 2 nitrogen and oxygen atoms in total. The van der Waals surface area contributed by atoms with Crippen LogP contribution in [0.2, 0.25) is 0 Å². The Hall–Kier alpha value is -1.16. The van der Waals surface area contributed by atoms with Gasteiger partial charge in [-0.05, 0) is 37.4 Å². The molecular formula is C13H18F2N2. The lowest BCUT2D eigenvalue weighted by molar-refractivity contribution is 0.505. The van der Waals surface area contributed by atoms with Crippen molar-refractivity contribution in [2.45, 2.75) is 25.3 Å². The molecule has 17 heavy (non-hydrogen) atoms. The summed E-state index contributed by atoms with van der Waals surface area (Å²) in [7, 11) is 3.69. The quantitative estimate of drug-likeness (QED) is 0.872. The number of rotatable bonds is 3. The monoisotopic (exact) mass is 240 g/mol. The zero-order valence-corrected chi connectivity index (χ0v) is 10.3. The third kappa shape index (κ3) is 2.75. The number of hydrogen-bond acceptors (Lipinski definition) is 2. The minimum Gasteiger partial charge on any atom is -0.377 e. The van der Waals surface area contributed by atoms with Crippen LogP contribution in [0, 0.1) is 11.6 Å². The smallest absolute Gasteiger partial charge is 0.160 e. The normalized spacial score (nSPS) is 19.6. The molecule has 0 aromatic heterocycles. The molecule has 1 aromatic carbocycles. The summed E-state index contributed by atoms with van der Waals surface area (Å²) in [4.78, 5) is 1.83. The molecule has 0 amide bonds. The van der Waals surface area contributed by atoms with E-state index in [1.165, 1.54) is 12.1 Å². The summed E-state index contributed by atoms with van der Waals surface area (Å²) >= 11 is 0. The van der Waals surface area contributed by atoms with Gasteiger partial charge in [-0.3, -0.25) is 0 Å². The summed E-state index contributed by atoms with van der Waals surface area (Å²) in [5.74, 6) is -1.54. The van der Waals surface area contributed by atoms with Crippen LogP contribution in [0.3, 0.4) is 0 Å². The van der Waals surface area contributed by atoms with Gasteiger partial charge in [-0.15, -0.1) is 0 Å². The zero-order valence-electron chi connectivity index (χ0n) is 10.3. The first-order chi connectivity index (χ1) is 8.08. The van der Waals surface area contributed by atoms with Gasteiger partial charge < -0.3 is 10.2 Å². The van der Waals surface area contributed by atoms with Crippen molar-refractivity contribution in [3.05, 3.63) is 29.3 Å². The van der Waals surface area contributed by atoms with Gasteiger partial charge in [0.1, 0.15) is 0 Å². The number of hydrogen-bond donors (Lipinski definition) is 1. The Morgan fingerprint density at radius 2 is 2.00 bits per heavy atom. The van der Waals surface area contributed by atoms with E-state index < -0.39 is 11.6 Å². The topological polar surface area (TPSA) is 15.3 Å². The first-order valence-electron chi connectivity index (χ1n) is 5.96. The Balaban J connectivity index is 2.26. The molecule has 0 spiro atoms. The summed E-state index contributed by atoms with van der Waals surface area (Å²) in [6.07, 6.45) is 3.02. The second kappa shape index (κ2) is 5.00. The number of nitrogens with zero attached hydrogens (tertiary/aromatic N) is 1. The summed E-state index contributed by atoms with van der Waals surface area (Å²) in [5, 5.41) is 3.37. The number of nitrogens with one attached hydrogen (secondary N) is 1. The lowest BCUT2D eigenvalue weighted by Crippen LogP contribution is -2.25. The van der Waals surface area contributed by atoms with E-state index in [2.05, 4.69) is 5.32 Å². The van der Waals surface area contributed by atoms with Crippen LogP contribution in [0.4, 0.5) is 14.5 Å². The highest BCUT2D eigenvalue weighted by atomic mass is 19.2. The SMILES string of the molecule is CN(C)c1cc(F)c(F)cc1CC1CCCN1. The predicted molar refractivity (Wildman–Crippen MR) is 65.4 cm³/mol. The Kier molecular flexibility index (Phi) is 3.62. The van der Waals surface area contributed by atoms with E-state index in [9.17, 15) is 8.78 Å². The first kappa shape index (κ1) is 12.3. The van der Waals surface area contributed by atoms with E-state index in [1.54, 1.807) is 0 Å². The highest BCUT2D eigenvalue weighted by Crippen LogP contribution is 2.25. The summed E-state index contributed by atoms with van der Waals surface area (Å²) in [5.41, 5.74) is 1.63. The van der Waals surface area contributed by atoms with Crippen LogP contribution in [-0.2, 0) is 6.42 Å². The average molecular weight is 240 g/mol. The molecule has 0 aliphatic carbocycles. The van der Waals surface area contributed by atoms with E-state index in [1.807, 2.05) is 19.0 Å². The highest BCUT2D eigenvalue weighted by molar-refractivity contribution is 5.53. The van der Waals surface area contributed by atoms with Gasteiger partial charge in [-0.1, -0.05) is 0 Å². The van der Waals surface area contributed by atoms with Crippen molar-refractivity contribution in [1.82, 2.24) is 5.32 Å². The van der Waals surface area contributed by atoms with Gasteiger partial charge >= 0.3 is 0 Å². The van der Waals surface area contributed by atoms with Crippen molar-refractivity contribution in [3.8, 4) is 0 Å². The standard InChI is InChI=1S/C13H18F2N2/c1-17(2)13-8-12(15)11(14)7-9(13)6-10-4-3-5-16-10/h7-8,10,16H,3-6H2,1-2H3. The van der Waals surface area contributed by atoms with Crippen LogP contribution in [0.15, 0.2) is 12.1 Å². The molecule has 1 unspecified atom stereocenters. The lowest BCUT2D eigenvalue weighted by Gasteiger charge is -2.20. The Morgan fingerprint density at radius 1 is 1.29 bits per heavy atom. The second-order valence-corrected chi connectivity index (χ2v) is 4.79. The molecule has 4 heteroatoms. The second-order valence-electron chi connectivity index (χ2n) is 4.79. The average Bonchev–Trinajstić information content (AvgIpc) is 2.75. The number of benzene rings is 1. The molecule has 1 atom stereocenters. The van der Waals surface area contributed by atoms with Crippen molar-refractivity contribution in [1.29, 1.82) is 0 Å². The predicted octanol–water partition coefficient (Wildman–Crippen LogP) is 2.33. The Labute approximate surface area is 101 Å². The van der Waals surface area contributed by atoms with E-state index in [0.717, 1.165) is 37.1 Å². The molecule has 1 N–H and O–H groups in total. The molecule has 2 rings (SSSR count). The first-order valence-corrected chi connectivity index (χ1v) is 5.96. The number of anilines is 1. The van der Waals surface area contributed by atoms with E-state index in [-0.39, 0.29) is 0 Å². The van der Waals surface area contributed by atoms with Gasteiger partial charge in [0.25, 0.3) is 0 Å². The molecule has 1 fully saturated rings. The molecule has 0 radical (unpaired) electrons. The molecular weight excluding hydrogens is 222 g/mol. The zero-order chi connectivity index (χ0) is 12.4. The van der Waals surface area contributed by atoms with Crippen molar-refractivity contribution in [3.63, 3.8) is 0 Å². The molecule has 1 aliphatic rings. The molecule has 0 bridgehead atoms. The van der Waals surface area contributed by atoms with Gasteiger partial charge in [0.05, 0.1) is 0 Å². The van der Waals surface area contributed by atoms with Crippen LogP contribution in [-0.4, -0.2) is 26.7 Å². The maximum Gasteiger partial charge on any atom is 0.160 e. The third-order valence-electron chi connectivity index (χ3n) is 3.23. The molecule has 1 aliphatic heterocycles. The summed E-state index contributed by atoms with van der Waals surface area (Å²) in [6, 6.07) is 2.99. The Morgan fingerprint density at radius 3 is 2.59 bits per heavy atom. The fourth-order valence-electron chi connectivity index (χ4n) is 2.35. The molecule has 1 saturated heterocycles. The Bertz CT molecular complexity index is 399.